The van der Waals surface area contributed by atoms with E-state index in [9.17, 15) is 53.1 Å². The summed E-state index contributed by atoms with van der Waals surface area (Å²) < 4.78 is 22.0. The summed E-state index contributed by atoms with van der Waals surface area (Å²) in [6.07, 6.45) is -3.59. The second-order valence-corrected chi connectivity index (χ2v) is 25.9. The van der Waals surface area contributed by atoms with Gasteiger partial charge in [0, 0.05) is 53.3 Å². The van der Waals surface area contributed by atoms with Gasteiger partial charge in [-0.3, -0.25) is 47.4 Å². The highest BCUT2D eigenvalue weighted by Gasteiger charge is 2.57. The van der Waals surface area contributed by atoms with Crippen LogP contribution in [0.3, 0.4) is 0 Å². The van der Waals surface area contributed by atoms with Crippen molar-refractivity contribution in [2.75, 3.05) is 38.5 Å². The van der Waals surface area contributed by atoms with Crippen LogP contribution in [0, 0.1) is 11.8 Å². The highest BCUT2D eigenvalue weighted by Crippen LogP contribution is 2.41. The summed E-state index contributed by atoms with van der Waals surface area (Å²) in [5.74, 6) is -11.4. The Morgan fingerprint density at radius 1 is 0.861 bits per heavy atom. The third kappa shape index (κ3) is 15.8. The smallest absolute Gasteiger partial charge is 0.244 e. The van der Waals surface area contributed by atoms with Gasteiger partial charge in [0.25, 0.3) is 0 Å². The number of nitrogens with zero attached hydrogens (tertiary/aromatic N) is 1. The Hall–Kier alpha value is -5.36. The Labute approximate surface area is 468 Å². The molecule has 14 N–H and O–H groups in total. The van der Waals surface area contributed by atoms with Gasteiger partial charge in [0.05, 0.1) is 66.4 Å². The summed E-state index contributed by atoms with van der Waals surface area (Å²) in [5.41, 5.74) is 3.81. The van der Waals surface area contributed by atoms with Crippen LogP contribution in [0.5, 0.6) is 5.75 Å². The van der Waals surface area contributed by atoms with Crippen LogP contribution in [-0.4, -0.2) is 192 Å². The van der Waals surface area contributed by atoms with Crippen molar-refractivity contribution in [2.45, 2.75) is 169 Å². The predicted octanol–water partition coefficient (Wildman–Crippen LogP) is -2.17. The van der Waals surface area contributed by atoms with Crippen LogP contribution in [0.4, 0.5) is 0 Å². The van der Waals surface area contributed by atoms with Gasteiger partial charge in [-0.2, -0.15) is 0 Å². The number of fused-ring (bicyclic) bond motifs is 7. The van der Waals surface area contributed by atoms with Crippen LogP contribution in [0.25, 0.3) is 10.9 Å². The van der Waals surface area contributed by atoms with E-state index >= 15 is 9.59 Å². The number of ketones is 1. The number of hydrogen-bond acceptors (Lipinski definition) is 18. The van der Waals surface area contributed by atoms with E-state index in [2.05, 4.69) is 68.3 Å². The van der Waals surface area contributed by atoms with E-state index in [0.717, 1.165) is 13.0 Å². The van der Waals surface area contributed by atoms with Crippen LogP contribution in [-0.2, 0) is 60.4 Å². The van der Waals surface area contributed by atoms with Crippen molar-refractivity contribution in [1.82, 2.24) is 52.4 Å². The number of aliphatic hydroxyl groups excluding tert-OH is 3. The average molecular weight is 1160 g/mol. The van der Waals surface area contributed by atoms with Gasteiger partial charge in [-0.05, 0) is 49.4 Å². The van der Waals surface area contributed by atoms with Crippen LogP contribution < -0.4 is 53.0 Å². The molecule has 14 atom stereocenters. The molecule has 5 unspecified atom stereocenters. The fourth-order valence-electron chi connectivity index (χ4n) is 10.0. The fraction of sp³-hybridized carbons (Fsp3) is 0.667. The number of primary amides is 1. The van der Waals surface area contributed by atoms with Crippen LogP contribution in [0.1, 0.15) is 92.6 Å². The number of H-pyrrole nitrogens is 1. The maximum absolute atomic E-state index is 16.1. The van der Waals surface area contributed by atoms with E-state index in [-0.39, 0.29) is 51.6 Å². The van der Waals surface area contributed by atoms with Gasteiger partial charge in [-0.25, -0.2) is 4.90 Å². The number of aliphatic hydroxyl groups is 3. The second-order valence-electron chi connectivity index (χ2n) is 21.3. The van der Waals surface area contributed by atoms with E-state index in [4.69, 9.17) is 10.5 Å². The van der Waals surface area contributed by atoms with Crippen molar-refractivity contribution in [3.8, 4) is 5.75 Å². The Bertz CT molecular complexity index is 2630. The number of carbonyl (C=O) groups excluding carboxylic acids is 9. The number of nitrogens with one attached hydrogen (secondary N) is 9. The molecule has 25 nitrogen and oxygen atoms in total. The largest absolute Gasteiger partial charge is 0.465 e. The Balaban J connectivity index is 1.63. The van der Waals surface area contributed by atoms with E-state index in [1.807, 2.05) is 6.92 Å². The van der Waals surface area contributed by atoms with Gasteiger partial charge in [0.1, 0.15) is 41.0 Å². The molecule has 0 spiro atoms. The molecule has 2 aromatic rings. The van der Waals surface area contributed by atoms with Gasteiger partial charge in [-0.1, -0.05) is 76.5 Å². The van der Waals surface area contributed by atoms with Gasteiger partial charge in [0.2, 0.25) is 58.8 Å². The lowest BCUT2D eigenvalue weighted by molar-refractivity contribution is -0.166. The topological polar surface area (TPSA) is 382 Å². The first-order chi connectivity index (χ1) is 37.3. The van der Waals surface area contributed by atoms with Crippen LogP contribution >= 0.6 is 21.6 Å². The molecule has 0 radical (unpaired) electrons. The van der Waals surface area contributed by atoms with Crippen molar-refractivity contribution in [1.29, 1.82) is 0 Å². The normalized spacial score (nSPS) is 28.8. The molecular weight excluding hydrogens is 1090 g/mol. The lowest BCUT2D eigenvalue weighted by Gasteiger charge is -2.45. The van der Waals surface area contributed by atoms with Gasteiger partial charge in [0.15, 0.2) is 0 Å². The zero-order valence-corrected chi connectivity index (χ0v) is 48.0. The molecule has 8 bridgehead atoms. The fourth-order valence-corrected chi connectivity index (χ4v) is 13.9. The van der Waals surface area contributed by atoms with E-state index in [1.54, 1.807) is 41.5 Å². The molecule has 79 heavy (non-hydrogen) atoms. The monoisotopic (exact) mass is 1160 g/mol. The Kier molecular flexibility index (Phi) is 22.2. The summed E-state index contributed by atoms with van der Waals surface area (Å²) in [5, 5.41) is 54.4. The van der Waals surface area contributed by atoms with Crippen molar-refractivity contribution in [3.63, 3.8) is 0 Å². The number of hydrogen-bond donors (Lipinski definition) is 13. The third-order valence-electron chi connectivity index (χ3n) is 14.8. The maximum atomic E-state index is 16.1. The molecule has 6 heterocycles. The lowest BCUT2D eigenvalue weighted by Crippen LogP contribution is -2.68. The number of carbonyl (C=O) groups is 9. The number of Topliss-reactive ketones (excluding diaryl/α,β-unsaturated/α-hetero) is 1. The Morgan fingerprint density at radius 2 is 1.53 bits per heavy atom. The molecule has 1 aromatic carbocycles. The predicted molar refractivity (Wildman–Crippen MR) is 295 cm³/mol. The SMILES string of the molecule is CC[C@H](C)[C@@H]1NC(=O)CNC(=O)[C@@H]2Cc3c4[nH]c5cc(ccc35)OC(CCC(C)SSC(C)CCNC(C)C)(C(=O)[C@H](CC(N)=O)NC(=O)C(C[S@]4=O)NC(=O)CNC1=O)N1CC(O)C[C@H]1C(=O)N[C@@H]([C@@H](C)[C@@H](O)CO)C(=O)N2. The molecule has 8 amide bonds. The maximum Gasteiger partial charge on any atom is 0.244 e. The summed E-state index contributed by atoms with van der Waals surface area (Å²) in [7, 11) is 0.818. The minimum Gasteiger partial charge on any atom is -0.465 e. The molecule has 5 aliphatic rings. The zero-order chi connectivity index (χ0) is 58.0. The molecule has 438 valence electrons. The van der Waals surface area contributed by atoms with Crippen molar-refractivity contribution >= 4 is 96.3 Å². The van der Waals surface area contributed by atoms with Gasteiger partial charge in [-0.15, -0.1) is 0 Å². The molecule has 0 saturated carbocycles. The van der Waals surface area contributed by atoms with E-state index in [0.29, 0.717) is 17.8 Å². The molecule has 5 aliphatic heterocycles. The first-order valence-corrected chi connectivity index (χ1v) is 30.3. The summed E-state index contributed by atoms with van der Waals surface area (Å²) in [4.78, 5) is 134. The third-order valence-corrected chi connectivity index (χ3v) is 19.8. The zero-order valence-electron chi connectivity index (χ0n) is 45.5. The quantitative estimate of drug-likeness (QED) is 0.0750. The number of amides is 8. The standard InChI is InChI=1S/C51H77N11O14S3/c1-8-25(4)42-48(73)55-19-40(67)56-36-23-79(75)50-32-17-35(45(70)54-20-41(68)60-42)58-49(74)43(28(7)38(65)22-63)61-47(72)37-15-29(64)21-62(37)51(44(69)34(18-39(52)66)57-46(36)71,76-30-9-10-31(32)33(16-30)59-50)13-11-26(5)77-78-27(6)12-14-53-24(2)3/h9-10,16,24-29,34-38,42-43,53,59,63-65H,8,11-15,17-23H2,1-7H3,(H2,52,66)(H,54,70)(H,55,73)(H,56,67)(H,57,71)(H,58,74)(H,60,68)(H,61,72)/t25-,26?,27?,28-,29?,34-,35-,36?,37-,38-,42-,43-,51?,79+/m0/s1. The molecular formula is C51H77N11O14S3. The number of rotatable bonds is 17. The molecule has 28 heteroatoms. The first-order valence-electron chi connectivity index (χ1n) is 26.7. The minimum atomic E-state index is -2.39. The number of nitrogens with two attached hydrogens (primary N) is 1. The molecule has 1 fully saturated rings. The molecule has 0 aliphatic carbocycles. The van der Waals surface area contributed by atoms with E-state index < -0.39 is 175 Å². The van der Waals surface area contributed by atoms with E-state index in [1.165, 1.54) is 24.0 Å². The molecule has 1 aromatic heterocycles. The summed E-state index contributed by atoms with van der Waals surface area (Å²) in [6.45, 7) is 10.9. The highest BCUT2D eigenvalue weighted by molar-refractivity contribution is 8.77. The minimum absolute atomic E-state index is 0.0135. The summed E-state index contributed by atoms with van der Waals surface area (Å²) in [6, 6.07) is -5.10. The molecule has 7 rings (SSSR count). The summed E-state index contributed by atoms with van der Waals surface area (Å²) >= 11 is 0. The second kappa shape index (κ2) is 27.9. The lowest BCUT2D eigenvalue weighted by atomic mass is 9.90. The van der Waals surface area contributed by atoms with Crippen LogP contribution in [0.2, 0.25) is 0 Å². The van der Waals surface area contributed by atoms with Crippen molar-refractivity contribution < 1.29 is 67.4 Å². The number of ether oxygens (including phenoxy) is 1. The van der Waals surface area contributed by atoms with Crippen LogP contribution in [0.15, 0.2) is 23.2 Å². The van der Waals surface area contributed by atoms with Gasteiger partial charge < -0.3 is 73.3 Å². The van der Waals surface area contributed by atoms with Gasteiger partial charge >= 0.3 is 0 Å². The number of aromatic amines is 1. The van der Waals surface area contributed by atoms with Crippen molar-refractivity contribution in [2.24, 2.45) is 17.6 Å². The number of benzene rings is 1. The average Bonchev–Trinajstić information content (AvgIpc) is 4.25. The number of aromatic nitrogens is 1. The first kappa shape index (κ1) is 62.8. The highest BCUT2D eigenvalue weighted by atomic mass is 33.1. The van der Waals surface area contributed by atoms with Crippen molar-refractivity contribution in [3.05, 3.63) is 23.8 Å². The molecule has 1 saturated heterocycles. The Morgan fingerprint density at radius 3 is 2.19 bits per heavy atom.